The summed E-state index contributed by atoms with van der Waals surface area (Å²) >= 11 is 0. The fourth-order valence-electron chi connectivity index (χ4n) is 3.17. The monoisotopic (exact) mass is 558 g/mol. The zero-order chi connectivity index (χ0) is 29.0. The Bertz CT molecular complexity index is 981. The van der Waals surface area contributed by atoms with Crippen LogP contribution in [-0.4, -0.2) is 79.1 Å². The van der Waals surface area contributed by atoms with Crippen molar-refractivity contribution in [3.8, 4) is 0 Å². The van der Waals surface area contributed by atoms with Gasteiger partial charge in [-0.05, 0) is 47.6 Å². The summed E-state index contributed by atoms with van der Waals surface area (Å²) in [4.78, 5) is 37.6. The molecule has 0 saturated carbocycles. The Morgan fingerprint density at radius 2 is 1.35 bits per heavy atom. The molecule has 0 aromatic carbocycles. The molecule has 0 spiro atoms. The maximum Gasteiger partial charge on any atom is 0.534 e. The zero-order valence-corrected chi connectivity index (χ0v) is 23.3. The minimum atomic E-state index is -5.70. The van der Waals surface area contributed by atoms with E-state index in [-0.39, 0.29) is 36.6 Å². The van der Waals surface area contributed by atoms with Crippen LogP contribution in [0.5, 0.6) is 0 Å². The maximum absolute atomic E-state index is 12.3. The minimum Gasteiger partial charge on any atom is -0.444 e. The lowest BCUT2D eigenvalue weighted by Gasteiger charge is -2.32. The molecule has 1 fully saturated rings. The Hall–Kier alpha value is -2.51. The van der Waals surface area contributed by atoms with Gasteiger partial charge >= 0.3 is 27.8 Å². The number of likely N-dealkylation sites (tertiary alicyclic amines) is 1. The lowest BCUT2D eigenvalue weighted by Crippen LogP contribution is -2.45. The first kappa shape index (κ1) is 32.5. The average Bonchev–Trinajstić information content (AvgIpc) is 2.68. The quantitative estimate of drug-likeness (QED) is 0.360. The summed E-state index contributed by atoms with van der Waals surface area (Å²) in [5.41, 5.74) is -6.67. The molecular formula is C23H37F3N2O8S. The average molecular weight is 559 g/mol. The molecule has 0 bridgehead atoms. The molecule has 0 radical (unpaired) electrons. The van der Waals surface area contributed by atoms with E-state index in [1.54, 1.807) is 25.7 Å². The summed E-state index contributed by atoms with van der Waals surface area (Å²) in [6.45, 7) is 14.7. The number of piperidine rings is 1. The van der Waals surface area contributed by atoms with Crippen molar-refractivity contribution < 1.29 is 49.6 Å². The standard InChI is InChI=1S/C12H18F3NO5S.C11H19NO3/c1-8-7-16(10(17)20-11(2,3)4)6-5-9(8)21-22(18,19)12(13,14)15;1-8-7-12(6-5-9(8)13)10(14)15-11(2,3)4/h5,8H,6-7H2,1-4H3;8H,5-7H2,1-4H3. The van der Waals surface area contributed by atoms with Gasteiger partial charge in [0.25, 0.3) is 0 Å². The van der Waals surface area contributed by atoms with Gasteiger partial charge in [-0.2, -0.15) is 21.6 Å². The first-order chi connectivity index (χ1) is 16.5. The van der Waals surface area contributed by atoms with Crippen LogP contribution in [0.2, 0.25) is 0 Å². The van der Waals surface area contributed by atoms with Crippen molar-refractivity contribution >= 4 is 28.1 Å². The van der Waals surface area contributed by atoms with E-state index in [1.165, 1.54) is 11.8 Å². The van der Waals surface area contributed by atoms with Crippen LogP contribution in [0.3, 0.4) is 0 Å². The Morgan fingerprint density at radius 3 is 1.76 bits per heavy atom. The molecule has 37 heavy (non-hydrogen) atoms. The number of carbonyl (C=O) groups excluding carboxylic acids is 3. The number of alkyl halides is 3. The van der Waals surface area contributed by atoms with Crippen molar-refractivity contribution in [1.82, 2.24) is 9.80 Å². The molecule has 1 saturated heterocycles. The van der Waals surface area contributed by atoms with Gasteiger partial charge in [-0.15, -0.1) is 0 Å². The van der Waals surface area contributed by atoms with Gasteiger partial charge in [0.1, 0.15) is 22.7 Å². The third-order valence-electron chi connectivity index (χ3n) is 4.96. The molecular weight excluding hydrogens is 521 g/mol. The summed E-state index contributed by atoms with van der Waals surface area (Å²) in [7, 11) is -5.70. The third kappa shape index (κ3) is 10.8. The van der Waals surface area contributed by atoms with Gasteiger partial charge in [0.05, 0.1) is 0 Å². The lowest BCUT2D eigenvalue weighted by molar-refractivity contribution is -0.125. The van der Waals surface area contributed by atoms with Crippen LogP contribution in [0.4, 0.5) is 22.8 Å². The second-order valence-corrected chi connectivity index (χ2v) is 12.5. The minimum absolute atomic E-state index is 0.00583. The molecule has 10 nitrogen and oxygen atoms in total. The second kappa shape index (κ2) is 11.9. The molecule has 2 unspecified atom stereocenters. The molecule has 2 heterocycles. The van der Waals surface area contributed by atoms with E-state index in [0.29, 0.717) is 19.5 Å². The van der Waals surface area contributed by atoms with Crippen molar-refractivity contribution in [2.45, 2.75) is 78.5 Å². The van der Waals surface area contributed by atoms with Crippen LogP contribution < -0.4 is 0 Å². The molecule has 2 aliphatic rings. The highest BCUT2D eigenvalue weighted by Gasteiger charge is 2.49. The van der Waals surface area contributed by atoms with E-state index in [0.717, 1.165) is 6.08 Å². The van der Waals surface area contributed by atoms with E-state index >= 15 is 0 Å². The predicted octanol–water partition coefficient (Wildman–Crippen LogP) is 4.46. The van der Waals surface area contributed by atoms with E-state index in [1.807, 2.05) is 27.7 Å². The largest absolute Gasteiger partial charge is 0.534 e. The summed E-state index contributed by atoms with van der Waals surface area (Å²) < 4.78 is 73.3. The molecule has 2 aliphatic heterocycles. The third-order valence-corrected chi connectivity index (χ3v) is 5.94. The topological polar surface area (TPSA) is 120 Å². The second-order valence-electron chi connectivity index (χ2n) is 10.9. The number of nitrogens with zero attached hydrogens (tertiary/aromatic N) is 2. The molecule has 214 valence electrons. The Labute approximate surface area is 216 Å². The summed E-state index contributed by atoms with van der Waals surface area (Å²) in [5.74, 6) is -0.878. The van der Waals surface area contributed by atoms with Gasteiger partial charge in [-0.1, -0.05) is 13.8 Å². The van der Waals surface area contributed by atoms with E-state index in [2.05, 4.69) is 4.18 Å². The fourth-order valence-corrected chi connectivity index (χ4v) is 3.75. The molecule has 0 N–H and O–H groups in total. The Kier molecular flexibility index (Phi) is 10.5. The molecule has 0 aliphatic carbocycles. The molecule has 0 aromatic rings. The number of amides is 2. The SMILES string of the molecule is CC1CN(C(=O)OC(C)(C)C)CC=C1OS(=O)(=O)C(F)(F)F.CC1CN(C(=O)OC(C)(C)C)CCC1=O. The molecule has 14 heteroatoms. The number of ketones is 1. The number of rotatable bonds is 2. The van der Waals surface area contributed by atoms with Crippen molar-refractivity contribution in [2.75, 3.05) is 26.2 Å². The van der Waals surface area contributed by atoms with Crippen LogP contribution in [0, 0.1) is 11.8 Å². The summed E-state index contributed by atoms with van der Waals surface area (Å²) in [6, 6.07) is 0. The Balaban J connectivity index is 0.000000397. The van der Waals surface area contributed by atoms with Crippen molar-refractivity contribution in [1.29, 1.82) is 0 Å². The molecule has 2 rings (SSSR count). The smallest absolute Gasteiger partial charge is 0.444 e. The van der Waals surface area contributed by atoms with Crippen molar-refractivity contribution in [3.63, 3.8) is 0 Å². The lowest BCUT2D eigenvalue weighted by atomic mass is 9.99. The van der Waals surface area contributed by atoms with Crippen LogP contribution in [0.25, 0.3) is 0 Å². The highest BCUT2D eigenvalue weighted by Crippen LogP contribution is 2.30. The van der Waals surface area contributed by atoms with Gasteiger partial charge in [-0.3, -0.25) is 4.79 Å². The van der Waals surface area contributed by atoms with Gasteiger partial charge in [0, 0.05) is 44.4 Å². The number of Topliss-reactive ketones (excluding diaryl/α,β-unsaturated/α-hetero) is 1. The van der Waals surface area contributed by atoms with Crippen LogP contribution in [0.15, 0.2) is 11.8 Å². The molecule has 2 atom stereocenters. The molecule has 2 amide bonds. The number of carbonyl (C=O) groups is 3. The number of hydrogen-bond acceptors (Lipinski definition) is 8. The van der Waals surface area contributed by atoms with Crippen molar-refractivity contribution in [2.24, 2.45) is 11.8 Å². The number of ether oxygens (including phenoxy) is 2. The highest BCUT2D eigenvalue weighted by atomic mass is 32.2. The van der Waals surface area contributed by atoms with Gasteiger partial charge in [0.2, 0.25) is 0 Å². The predicted molar refractivity (Wildman–Crippen MR) is 128 cm³/mol. The fraction of sp³-hybridized carbons (Fsp3) is 0.783. The summed E-state index contributed by atoms with van der Waals surface area (Å²) in [6.07, 6.45) is 0.622. The van der Waals surface area contributed by atoms with Gasteiger partial charge < -0.3 is 23.5 Å². The van der Waals surface area contributed by atoms with Crippen molar-refractivity contribution in [3.05, 3.63) is 11.8 Å². The summed E-state index contributed by atoms with van der Waals surface area (Å²) in [5, 5.41) is 0. The Morgan fingerprint density at radius 1 is 0.892 bits per heavy atom. The zero-order valence-electron chi connectivity index (χ0n) is 22.5. The van der Waals surface area contributed by atoms with Gasteiger partial charge in [0.15, 0.2) is 0 Å². The molecule has 0 aromatic heterocycles. The normalized spacial score (nSPS) is 21.4. The van der Waals surface area contributed by atoms with Crippen LogP contribution in [-0.2, 0) is 28.6 Å². The van der Waals surface area contributed by atoms with Crippen LogP contribution >= 0.6 is 0 Å². The van der Waals surface area contributed by atoms with Crippen LogP contribution in [0.1, 0.15) is 61.8 Å². The van der Waals surface area contributed by atoms with Gasteiger partial charge in [-0.25, -0.2) is 9.59 Å². The number of hydrogen-bond donors (Lipinski definition) is 0. The first-order valence-corrected chi connectivity index (χ1v) is 13.1. The highest BCUT2D eigenvalue weighted by molar-refractivity contribution is 7.87. The van der Waals surface area contributed by atoms with E-state index in [4.69, 9.17) is 9.47 Å². The van der Waals surface area contributed by atoms with E-state index < -0.39 is 38.8 Å². The first-order valence-electron chi connectivity index (χ1n) is 11.7. The number of halogens is 3. The van der Waals surface area contributed by atoms with E-state index in [9.17, 15) is 36.0 Å². The maximum atomic E-state index is 12.3.